The highest BCUT2D eigenvalue weighted by Gasteiger charge is 2.35. The zero-order valence-corrected chi connectivity index (χ0v) is 10.8. The Hall–Kier alpha value is -2.44. The van der Waals surface area contributed by atoms with Gasteiger partial charge in [-0.3, -0.25) is 9.59 Å². The summed E-state index contributed by atoms with van der Waals surface area (Å²) in [7, 11) is 1.14. The van der Waals surface area contributed by atoms with Crippen LogP contribution >= 0.6 is 0 Å². The van der Waals surface area contributed by atoms with Crippen LogP contribution in [-0.4, -0.2) is 31.4 Å². The first-order valence-electron chi connectivity index (χ1n) is 5.92. The number of hydrogen-bond acceptors (Lipinski definition) is 4. The smallest absolute Gasteiger partial charge is 0.340 e. The third-order valence-electron chi connectivity index (χ3n) is 3.20. The number of benzene rings is 1. The number of esters is 1. The number of anilines is 1. The van der Waals surface area contributed by atoms with Gasteiger partial charge in [0.25, 0.3) is 0 Å². The van der Waals surface area contributed by atoms with Crippen molar-refractivity contribution in [3.05, 3.63) is 29.6 Å². The predicted molar refractivity (Wildman–Crippen MR) is 67.4 cm³/mol. The molecule has 0 spiro atoms. The highest BCUT2D eigenvalue weighted by molar-refractivity contribution is 6.01. The molecule has 2 rings (SSSR count). The lowest BCUT2D eigenvalue weighted by Crippen LogP contribution is -2.29. The van der Waals surface area contributed by atoms with Crippen molar-refractivity contribution in [2.24, 2.45) is 11.7 Å². The van der Waals surface area contributed by atoms with Crippen molar-refractivity contribution in [2.75, 3.05) is 18.6 Å². The molecule has 1 aliphatic rings. The molecule has 20 heavy (non-hydrogen) atoms. The lowest BCUT2D eigenvalue weighted by atomic mass is 10.1. The molecule has 0 aliphatic carbocycles. The Bertz CT molecular complexity index is 588. The summed E-state index contributed by atoms with van der Waals surface area (Å²) < 4.78 is 18.7. The normalized spacial score (nSPS) is 18.2. The number of amides is 2. The van der Waals surface area contributed by atoms with Crippen LogP contribution in [-0.2, 0) is 14.3 Å². The number of carbonyl (C=O) groups excluding carboxylic acids is 3. The van der Waals surface area contributed by atoms with Gasteiger partial charge in [0, 0.05) is 13.0 Å². The minimum Gasteiger partial charge on any atom is -0.465 e. The highest BCUT2D eigenvalue weighted by atomic mass is 19.1. The Labute approximate surface area is 114 Å². The standard InChI is InChI=1S/C13H13FN2O4/c1-20-13(19)8-3-2-4-9(11(8)14)16-6-7(12(15)18)5-10(16)17/h2-4,7H,5-6H2,1H3,(H2,15,18). The van der Waals surface area contributed by atoms with Gasteiger partial charge < -0.3 is 15.4 Å². The largest absolute Gasteiger partial charge is 0.465 e. The molecule has 2 amide bonds. The molecule has 106 valence electrons. The van der Waals surface area contributed by atoms with Crippen LogP contribution in [0.15, 0.2) is 18.2 Å². The van der Waals surface area contributed by atoms with Crippen molar-refractivity contribution in [2.45, 2.75) is 6.42 Å². The molecular formula is C13H13FN2O4. The van der Waals surface area contributed by atoms with E-state index < -0.39 is 29.5 Å². The third-order valence-corrected chi connectivity index (χ3v) is 3.20. The molecule has 0 aromatic heterocycles. The number of primary amides is 1. The Morgan fingerprint density at radius 1 is 1.45 bits per heavy atom. The Balaban J connectivity index is 2.37. The number of nitrogens with zero attached hydrogens (tertiary/aromatic N) is 1. The number of methoxy groups -OCH3 is 1. The van der Waals surface area contributed by atoms with Gasteiger partial charge in [0.05, 0.1) is 24.3 Å². The van der Waals surface area contributed by atoms with Crippen molar-refractivity contribution < 1.29 is 23.5 Å². The van der Waals surface area contributed by atoms with Gasteiger partial charge in [0.15, 0.2) is 5.82 Å². The first-order valence-corrected chi connectivity index (χ1v) is 5.92. The molecule has 2 N–H and O–H groups in total. The summed E-state index contributed by atoms with van der Waals surface area (Å²) in [4.78, 5) is 35.5. The molecule has 1 fully saturated rings. The lowest BCUT2D eigenvalue weighted by molar-refractivity contribution is -0.123. The van der Waals surface area contributed by atoms with Gasteiger partial charge in [-0.1, -0.05) is 6.07 Å². The van der Waals surface area contributed by atoms with E-state index in [0.29, 0.717) is 0 Å². The number of ether oxygens (including phenoxy) is 1. The predicted octanol–water partition coefficient (Wildman–Crippen LogP) is 0.450. The summed E-state index contributed by atoms with van der Waals surface area (Å²) >= 11 is 0. The van der Waals surface area contributed by atoms with Gasteiger partial charge in [0.2, 0.25) is 11.8 Å². The summed E-state index contributed by atoms with van der Waals surface area (Å²) in [6.45, 7) is 0.00964. The van der Waals surface area contributed by atoms with E-state index >= 15 is 0 Å². The summed E-state index contributed by atoms with van der Waals surface area (Å²) in [5, 5.41) is 0. The molecule has 7 heteroatoms. The quantitative estimate of drug-likeness (QED) is 0.814. The molecule has 0 bridgehead atoms. The maximum atomic E-state index is 14.3. The average molecular weight is 280 g/mol. The molecule has 1 atom stereocenters. The SMILES string of the molecule is COC(=O)c1cccc(N2CC(C(N)=O)CC2=O)c1F. The number of halogens is 1. The van der Waals surface area contributed by atoms with Crippen molar-refractivity contribution in [3.8, 4) is 0 Å². The third kappa shape index (κ3) is 2.34. The maximum absolute atomic E-state index is 14.3. The molecule has 0 saturated carbocycles. The summed E-state index contributed by atoms with van der Waals surface area (Å²) in [6, 6.07) is 4.06. The van der Waals surface area contributed by atoms with Crippen LogP contribution in [0.3, 0.4) is 0 Å². The molecule has 1 aromatic carbocycles. The minimum absolute atomic E-state index is 0.00964. The lowest BCUT2D eigenvalue weighted by Gasteiger charge is -2.18. The van der Waals surface area contributed by atoms with Crippen LogP contribution in [0.25, 0.3) is 0 Å². The fourth-order valence-electron chi connectivity index (χ4n) is 2.13. The van der Waals surface area contributed by atoms with E-state index in [-0.39, 0.29) is 24.2 Å². The Morgan fingerprint density at radius 2 is 2.15 bits per heavy atom. The fourth-order valence-corrected chi connectivity index (χ4v) is 2.13. The number of hydrogen-bond donors (Lipinski definition) is 1. The highest BCUT2D eigenvalue weighted by Crippen LogP contribution is 2.29. The second-order valence-corrected chi connectivity index (χ2v) is 4.44. The molecule has 0 radical (unpaired) electrons. The number of carbonyl (C=O) groups is 3. The van der Waals surface area contributed by atoms with Crippen molar-refractivity contribution in [3.63, 3.8) is 0 Å². The van der Waals surface area contributed by atoms with E-state index in [1.165, 1.54) is 18.2 Å². The fraction of sp³-hybridized carbons (Fsp3) is 0.308. The Kier molecular flexibility index (Phi) is 3.69. The van der Waals surface area contributed by atoms with Crippen LogP contribution in [0.1, 0.15) is 16.8 Å². The molecule has 6 nitrogen and oxygen atoms in total. The summed E-state index contributed by atoms with van der Waals surface area (Å²) in [5.41, 5.74) is 4.83. The average Bonchev–Trinajstić information content (AvgIpc) is 2.80. The van der Waals surface area contributed by atoms with Gasteiger partial charge in [0.1, 0.15) is 0 Å². The van der Waals surface area contributed by atoms with Gasteiger partial charge in [-0.05, 0) is 12.1 Å². The maximum Gasteiger partial charge on any atom is 0.340 e. The van der Waals surface area contributed by atoms with E-state index in [9.17, 15) is 18.8 Å². The Morgan fingerprint density at radius 3 is 2.70 bits per heavy atom. The summed E-state index contributed by atoms with van der Waals surface area (Å²) in [6.07, 6.45) is -0.0583. The van der Waals surface area contributed by atoms with Crippen LogP contribution in [0.4, 0.5) is 10.1 Å². The molecule has 1 heterocycles. The van der Waals surface area contributed by atoms with E-state index in [1.54, 1.807) is 0 Å². The molecule has 1 unspecified atom stereocenters. The number of nitrogens with two attached hydrogens (primary N) is 1. The molecule has 1 saturated heterocycles. The topological polar surface area (TPSA) is 89.7 Å². The van der Waals surface area contributed by atoms with Gasteiger partial charge in [-0.2, -0.15) is 0 Å². The van der Waals surface area contributed by atoms with Crippen LogP contribution in [0.5, 0.6) is 0 Å². The minimum atomic E-state index is -0.849. The second kappa shape index (κ2) is 5.28. The summed E-state index contributed by atoms with van der Waals surface area (Å²) in [5.74, 6) is -3.34. The van der Waals surface area contributed by atoms with E-state index in [1.807, 2.05) is 0 Å². The van der Waals surface area contributed by atoms with Gasteiger partial charge >= 0.3 is 5.97 Å². The van der Waals surface area contributed by atoms with Crippen LogP contribution in [0, 0.1) is 11.7 Å². The van der Waals surface area contributed by atoms with Crippen molar-refractivity contribution in [1.82, 2.24) is 0 Å². The van der Waals surface area contributed by atoms with Crippen LogP contribution < -0.4 is 10.6 Å². The molecule has 1 aromatic rings. The first-order chi connectivity index (χ1) is 9.45. The zero-order valence-electron chi connectivity index (χ0n) is 10.8. The van der Waals surface area contributed by atoms with Crippen LogP contribution in [0.2, 0.25) is 0 Å². The van der Waals surface area contributed by atoms with Gasteiger partial charge in [-0.15, -0.1) is 0 Å². The second-order valence-electron chi connectivity index (χ2n) is 4.44. The van der Waals surface area contributed by atoms with Crippen molar-refractivity contribution in [1.29, 1.82) is 0 Å². The number of rotatable bonds is 3. The van der Waals surface area contributed by atoms with Crippen molar-refractivity contribution >= 4 is 23.5 Å². The molecule has 1 aliphatic heterocycles. The zero-order chi connectivity index (χ0) is 14.9. The van der Waals surface area contributed by atoms with E-state index in [0.717, 1.165) is 12.0 Å². The van der Waals surface area contributed by atoms with Gasteiger partial charge in [-0.25, -0.2) is 9.18 Å². The van der Waals surface area contributed by atoms with E-state index in [2.05, 4.69) is 4.74 Å². The molecular weight excluding hydrogens is 267 g/mol. The monoisotopic (exact) mass is 280 g/mol. The van der Waals surface area contributed by atoms with E-state index in [4.69, 9.17) is 5.73 Å². The first kappa shape index (κ1) is 14.0.